The summed E-state index contributed by atoms with van der Waals surface area (Å²) in [6, 6.07) is 21.0. The Balaban J connectivity index is 1.58. The third-order valence-electron chi connectivity index (χ3n) is 8.47. The lowest BCUT2D eigenvalue weighted by Crippen LogP contribution is -2.29. The van der Waals surface area contributed by atoms with Gasteiger partial charge in [0, 0.05) is 70.2 Å². The van der Waals surface area contributed by atoms with Crippen LogP contribution >= 0.6 is 0 Å². The highest BCUT2D eigenvalue weighted by atomic mass is 16.6. The molecule has 2 aromatic carbocycles. The van der Waals surface area contributed by atoms with E-state index in [-0.39, 0.29) is 5.97 Å². The van der Waals surface area contributed by atoms with Gasteiger partial charge in [0.2, 0.25) is 0 Å². The summed E-state index contributed by atoms with van der Waals surface area (Å²) < 4.78 is 11.3. The number of hydrogen-bond acceptors (Lipinski definition) is 3. The number of esters is 1. The number of hydrogen-bond donors (Lipinski definition) is 0. The number of aromatic nitrogens is 3. The van der Waals surface area contributed by atoms with Gasteiger partial charge in [-0.05, 0) is 31.0 Å². The van der Waals surface area contributed by atoms with Gasteiger partial charge in [-0.25, -0.2) is 9.78 Å². The van der Waals surface area contributed by atoms with E-state index in [4.69, 9.17) is 4.74 Å². The first kappa shape index (κ1) is 26.4. The van der Waals surface area contributed by atoms with Gasteiger partial charge in [-0.2, -0.15) is 0 Å². The first-order valence-corrected chi connectivity index (χ1v) is 15.0. The Morgan fingerprint density at radius 1 is 0.675 bits per heavy atom. The maximum absolute atomic E-state index is 13.5. The average Bonchev–Trinajstić information content (AvgIpc) is 3.64. The number of carbonyl (C=O) groups is 1. The number of unbranched alkanes of at least 4 members (excludes halogenated alkanes) is 6. The third kappa shape index (κ3) is 4.42. The molecule has 6 rings (SSSR count). The van der Waals surface area contributed by atoms with Gasteiger partial charge in [-0.3, -0.25) is 0 Å². The van der Waals surface area contributed by atoms with Crippen LogP contribution in [0.2, 0.25) is 0 Å². The van der Waals surface area contributed by atoms with Gasteiger partial charge in [0.05, 0.1) is 0 Å². The number of nitrogens with zero attached hydrogens (tertiary/aromatic N) is 3. The van der Waals surface area contributed by atoms with Crippen molar-refractivity contribution in [3.63, 3.8) is 0 Å². The van der Waals surface area contributed by atoms with Crippen LogP contribution in [-0.4, -0.2) is 20.1 Å². The maximum atomic E-state index is 13.5. The Kier molecular flexibility index (Phi) is 7.46. The van der Waals surface area contributed by atoms with Gasteiger partial charge in [-0.15, -0.1) is 0 Å². The second kappa shape index (κ2) is 11.3. The van der Waals surface area contributed by atoms with Gasteiger partial charge in [0.15, 0.2) is 11.3 Å². The molecule has 0 saturated heterocycles. The molecule has 3 aromatic heterocycles. The second-order valence-corrected chi connectivity index (χ2v) is 11.1. The summed E-state index contributed by atoms with van der Waals surface area (Å²) in [4.78, 5) is 18.0. The van der Waals surface area contributed by atoms with E-state index in [9.17, 15) is 4.79 Å². The minimum atomic E-state index is -1.08. The van der Waals surface area contributed by atoms with Crippen molar-refractivity contribution in [1.82, 2.24) is 14.1 Å². The van der Waals surface area contributed by atoms with Crippen molar-refractivity contribution < 1.29 is 9.53 Å². The van der Waals surface area contributed by atoms with Crippen molar-refractivity contribution in [2.75, 3.05) is 0 Å². The van der Waals surface area contributed by atoms with E-state index < -0.39 is 5.60 Å². The zero-order chi connectivity index (χ0) is 27.5. The van der Waals surface area contributed by atoms with Crippen molar-refractivity contribution in [1.29, 1.82) is 0 Å². The minimum absolute atomic E-state index is 0.366. The summed E-state index contributed by atoms with van der Waals surface area (Å²) in [5.41, 5.74) is 4.50. The van der Waals surface area contributed by atoms with Crippen LogP contribution in [-0.2, 0) is 23.4 Å². The molecule has 40 heavy (non-hydrogen) atoms. The highest BCUT2D eigenvalue weighted by Gasteiger charge is 2.52. The molecule has 0 bridgehead atoms. The van der Waals surface area contributed by atoms with Gasteiger partial charge in [0.1, 0.15) is 0 Å². The zero-order valence-corrected chi connectivity index (χ0v) is 23.7. The summed E-state index contributed by atoms with van der Waals surface area (Å²) in [6.07, 6.45) is 15.7. The van der Waals surface area contributed by atoms with Crippen LogP contribution in [0.3, 0.4) is 0 Å². The molecule has 1 aliphatic rings. The lowest BCUT2D eigenvalue weighted by Gasteiger charge is -2.29. The van der Waals surface area contributed by atoms with Crippen LogP contribution in [0.4, 0.5) is 0 Å². The summed E-state index contributed by atoms with van der Waals surface area (Å²) in [5, 5.41) is 2.23. The number of fused-ring (bicyclic) bond motifs is 3. The zero-order valence-electron chi connectivity index (χ0n) is 23.7. The molecule has 0 N–H and O–H groups in total. The van der Waals surface area contributed by atoms with Crippen LogP contribution in [0.25, 0.3) is 21.8 Å². The lowest BCUT2D eigenvalue weighted by molar-refractivity contribution is 0.0256. The number of benzene rings is 2. The quantitative estimate of drug-likeness (QED) is 0.119. The second-order valence-electron chi connectivity index (χ2n) is 11.1. The molecule has 0 atom stereocenters. The number of cyclic esters (lactones) is 1. The number of rotatable bonds is 12. The first-order chi connectivity index (χ1) is 19.7. The maximum Gasteiger partial charge on any atom is 0.358 e. The van der Waals surface area contributed by atoms with E-state index in [1.165, 1.54) is 49.6 Å². The van der Waals surface area contributed by atoms with Crippen molar-refractivity contribution >= 4 is 27.8 Å². The van der Waals surface area contributed by atoms with E-state index in [0.29, 0.717) is 5.69 Å². The predicted molar refractivity (Wildman–Crippen MR) is 162 cm³/mol. The number of para-hydroxylation sites is 2. The molecular formula is C35H39N3O2. The van der Waals surface area contributed by atoms with Crippen LogP contribution < -0.4 is 0 Å². The standard InChI is InChI=1S/C35H39N3O2/c1-3-5-7-13-22-37-24-29(26-16-9-11-19-31(26)37)35(28-18-15-21-36-33(28)34(39)40-35)30-25-38(23-14-8-6-4-2)32-20-12-10-17-27(30)32/h9-12,15-21,24-25H,3-8,13-14,22-23H2,1-2H3. The molecule has 0 amide bonds. The Hall–Kier alpha value is -3.86. The lowest BCUT2D eigenvalue weighted by atomic mass is 9.80. The Morgan fingerprint density at radius 2 is 1.23 bits per heavy atom. The Bertz CT molecular complexity index is 1550. The monoisotopic (exact) mass is 533 g/mol. The van der Waals surface area contributed by atoms with Crippen molar-refractivity contribution in [3.8, 4) is 0 Å². The van der Waals surface area contributed by atoms with Crippen molar-refractivity contribution in [3.05, 3.63) is 102 Å². The fraction of sp³-hybridized carbons (Fsp3) is 0.371. The van der Waals surface area contributed by atoms with Crippen LogP contribution in [0.5, 0.6) is 0 Å². The van der Waals surface area contributed by atoms with E-state index in [1.807, 2.05) is 12.1 Å². The molecule has 0 unspecified atom stereocenters. The summed E-state index contributed by atoms with van der Waals surface area (Å²) in [5.74, 6) is -0.366. The Labute approximate surface area is 236 Å². The molecule has 1 aliphatic heterocycles. The van der Waals surface area contributed by atoms with E-state index >= 15 is 0 Å². The molecule has 4 heterocycles. The van der Waals surface area contributed by atoms with Gasteiger partial charge < -0.3 is 13.9 Å². The predicted octanol–water partition coefficient (Wildman–Crippen LogP) is 8.61. The molecular weight excluding hydrogens is 494 g/mol. The number of aryl methyl sites for hydroxylation is 2. The molecule has 0 radical (unpaired) electrons. The Morgan fingerprint density at radius 3 is 1.77 bits per heavy atom. The summed E-state index contributed by atoms with van der Waals surface area (Å²) in [7, 11) is 0. The smallest absolute Gasteiger partial charge is 0.358 e. The fourth-order valence-corrected chi connectivity index (χ4v) is 6.48. The van der Waals surface area contributed by atoms with Crippen LogP contribution in [0.1, 0.15) is 92.4 Å². The molecule has 206 valence electrons. The average molecular weight is 534 g/mol. The van der Waals surface area contributed by atoms with E-state index in [1.54, 1.807) is 6.20 Å². The largest absolute Gasteiger partial charge is 0.439 e. The van der Waals surface area contributed by atoms with E-state index in [0.717, 1.165) is 53.4 Å². The van der Waals surface area contributed by atoms with Gasteiger partial charge in [-0.1, -0.05) is 94.8 Å². The highest BCUT2D eigenvalue weighted by molar-refractivity contribution is 5.99. The summed E-state index contributed by atoms with van der Waals surface area (Å²) in [6.45, 7) is 6.35. The molecule has 0 fully saturated rings. The fourth-order valence-electron chi connectivity index (χ4n) is 6.48. The van der Waals surface area contributed by atoms with Crippen LogP contribution in [0, 0.1) is 0 Å². The van der Waals surface area contributed by atoms with Gasteiger partial charge >= 0.3 is 5.97 Å². The van der Waals surface area contributed by atoms with Crippen LogP contribution in [0.15, 0.2) is 79.3 Å². The third-order valence-corrected chi connectivity index (χ3v) is 8.47. The minimum Gasteiger partial charge on any atom is -0.439 e. The number of pyridine rings is 1. The summed E-state index contributed by atoms with van der Waals surface area (Å²) >= 11 is 0. The molecule has 0 spiro atoms. The van der Waals surface area contributed by atoms with Gasteiger partial charge in [0.25, 0.3) is 0 Å². The molecule has 0 aliphatic carbocycles. The van der Waals surface area contributed by atoms with Crippen molar-refractivity contribution in [2.45, 2.75) is 83.9 Å². The normalized spacial score (nSPS) is 14.2. The SMILES string of the molecule is CCCCCCn1cc(C2(c3cn(CCCCCC)c4ccccc34)OC(=O)c3ncccc32)c2ccccc21. The highest BCUT2D eigenvalue weighted by Crippen LogP contribution is 2.51. The molecule has 0 saturated carbocycles. The van der Waals surface area contributed by atoms with E-state index in [2.05, 4.69) is 88.9 Å². The van der Waals surface area contributed by atoms with Crippen molar-refractivity contribution in [2.24, 2.45) is 0 Å². The first-order valence-electron chi connectivity index (χ1n) is 15.0. The molecule has 5 aromatic rings. The topological polar surface area (TPSA) is 49.0 Å². The molecule has 5 heteroatoms. The number of ether oxygens (including phenoxy) is 1. The molecule has 5 nitrogen and oxygen atoms in total. The number of carbonyl (C=O) groups excluding carboxylic acids is 1.